The maximum absolute atomic E-state index is 16.1. The van der Waals surface area contributed by atoms with Crippen LogP contribution in [0.2, 0.25) is 0 Å². The zero-order valence-electron chi connectivity index (χ0n) is 21.0. The second-order valence-corrected chi connectivity index (χ2v) is 11.8. The minimum atomic E-state index is -4.61. The summed E-state index contributed by atoms with van der Waals surface area (Å²) in [7, 11) is -4.28. The van der Waals surface area contributed by atoms with Crippen LogP contribution in [0.5, 0.6) is 5.75 Å². The highest BCUT2D eigenvalue weighted by atomic mass is 32.2. The predicted octanol–water partition coefficient (Wildman–Crippen LogP) is 3.74. The lowest BCUT2D eigenvalue weighted by molar-refractivity contribution is -0.354. The molecule has 3 aliphatic rings. The van der Waals surface area contributed by atoms with Gasteiger partial charge in [-0.3, -0.25) is 9.53 Å². The molecule has 2 aromatic rings. The van der Waals surface area contributed by atoms with Crippen molar-refractivity contribution in [2.45, 2.75) is 63.6 Å². The van der Waals surface area contributed by atoms with Gasteiger partial charge < -0.3 is 10.1 Å². The van der Waals surface area contributed by atoms with Crippen LogP contribution in [0, 0.1) is 11.7 Å². The van der Waals surface area contributed by atoms with E-state index >= 15 is 4.39 Å². The summed E-state index contributed by atoms with van der Waals surface area (Å²) in [6, 6.07) is 10.7. The lowest BCUT2D eigenvalue weighted by Gasteiger charge is -2.36. The predicted molar refractivity (Wildman–Crippen MR) is 134 cm³/mol. The topological polar surface area (TPSA) is 97.0 Å². The standard InChI is InChI=1S/C26H29F4N3O5S/c27-24-21-13-19(31-9-8-17-10-20(11-17)38-26(28,29)30)7-6-18(21)12-22(37-15-16-4-2-1-3-5-16)25(24)33-14-23(34)32-39(33,35)36/h1-5,12,17,19-20,31H,6-11,13-15H2,(H,32,34). The van der Waals surface area contributed by atoms with Gasteiger partial charge in [0.2, 0.25) is 0 Å². The van der Waals surface area contributed by atoms with E-state index in [2.05, 4.69) is 10.1 Å². The number of halogens is 4. The van der Waals surface area contributed by atoms with Crippen LogP contribution in [0.15, 0.2) is 36.4 Å². The van der Waals surface area contributed by atoms with E-state index in [0.29, 0.717) is 60.5 Å². The van der Waals surface area contributed by atoms with Crippen LogP contribution in [0.4, 0.5) is 23.2 Å². The Kier molecular flexibility index (Phi) is 7.75. The number of ether oxygens (including phenoxy) is 2. The molecule has 0 radical (unpaired) electrons. The Morgan fingerprint density at radius 2 is 1.90 bits per heavy atom. The average Bonchev–Trinajstić information content (AvgIpc) is 3.12. The molecule has 1 saturated carbocycles. The molecule has 2 N–H and O–H groups in total. The number of nitrogens with zero attached hydrogens (tertiary/aromatic N) is 1. The Labute approximate surface area is 223 Å². The second-order valence-electron chi connectivity index (χ2n) is 10.2. The molecular formula is C26H29F4N3O5S. The van der Waals surface area contributed by atoms with E-state index in [-0.39, 0.29) is 30.0 Å². The fourth-order valence-corrected chi connectivity index (χ4v) is 6.57. The molecule has 0 aromatic heterocycles. The van der Waals surface area contributed by atoms with Gasteiger partial charge >= 0.3 is 16.6 Å². The summed E-state index contributed by atoms with van der Waals surface area (Å²) < 4.78 is 90.7. The molecule has 2 aromatic carbocycles. The van der Waals surface area contributed by atoms with E-state index in [4.69, 9.17) is 4.74 Å². The van der Waals surface area contributed by atoms with Crippen LogP contribution < -0.4 is 19.1 Å². The van der Waals surface area contributed by atoms with E-state index < -0.39 is 40.9 Å². The average molecular weight is 572 g/mol. The number of nitrogens with one attached hydrogen (secondary N) is 2. The van der Waals surface area contributed by atoms with Crippen LogP contribution in [-0.4, -0.2) is 45.9 Å². The Balaban J connectivity index is 1.28. The number of hydrogen-bond donors (Lipinski definition) is 2. The van der Waals surface area contributed by atoms with E-state index in [0.717, 1.165) is 5.56 Å². The van der Waals surface area contributed by atoms with Gasteiger partial charge in [0.25, 0.3) is 5.91 Å². The van der Waals surface area contributed by atoms with Crippen LogP contribution in [0.1, 0.15) is 42.4 Å². The monoisotopic (exact) mass is 571 g/mol. The third-order valence-electron chi connectivity index (χ3n) is 7.40. The molecule has 1 saturated heterocycles. The Bertz CT molecular complexity index is 1320. The van der Waals surface area contributed by atoms with Crippen molar-refractivity contribution in [3.63, 3.8) is 0 Å². The van der Waals surface area contributed by atoms with Gasteiger partial charge in [-0.1, -0.05) is 30.3 Å². The number of hydrogen-bond acceptors (Lipinski definition) is 6. The van der Waals surface area contributed by atoms with Crippen molar-refractivity contribution in [3.8, 4) is 5.75 Å². The molecule has 1 heterocycles. The van der Waals surface area contributed by atoms with Crippen molar-refractivity contribution < 1.29 is 40.2 Å². The lowest BCUT2D eigenvalue weighted by atomic mass is 9.80. The molecule has 1 aliphatic heterocycles. The molecule has 2 aliphatic carbocycles. The molecule has 5 rings (SSSR count). The second kappa shape index (κ2) is 10.9. The number of aryl methyl sites for hydroxylation is 1. The molecular weight excluding hydrogens is 542 g/mol. The SMILES string of the molecule is O=C1CN(c2c(OCc3ccccc3)cc3c(c2F)CC(NCCC2CC(OC(F)(F)F)C2)CC3)S(=O)(=O)N1. The summed E-state index contributed by atoms with van der Waals surface area (Å²) in [5.41, 5.74) is 1.58. The first kappa shape index (κ1) is 27.7. The lowest BCUT2D eigenvalue weighted by Crippen LogP contribution is -2.40. The number of benzene rings is 2. The highest BCUT2D eigenvalue weighted by molar-refractivity contribution is 7.92. The van der Waals surface area contributed by atoms with Gasteiger partial charge in [0.15, 0.2) is 5.82 Å². The van der Waals surface area contributed by atoms with Gasteiger partial charge in [-0.2, -0.15) is 8.42 Å². The molecule has 1 amide bonds. The fourth-order valence-electron chi connectivity index (χ4n) is 5.41. The summed E-state index contributed by atoms with van der Waals surface area (Å²) >= 11 is 0. The Morgan fingerprint density at radius 1 is 1.15 bits per heavy atom. The van der Waals surface area contributed by atoms with Crippen molar-refractivity contribution in [1.82, 2.24) is 10.0 Å². The molecule has 1 unspecified atom stereocenters. The van der Waals surface area contributed by atoms with Gasteiger partial charge in [-0.25, -0.2) is 13.4 Å². The molecule has 0 spiro atoms. The summed E-state index contributed by atoms with van der Waals surface area (Å²) in [5.74, 6) is -1.33. The van der Waals surface area contributed by atoms with Gasteiger partial charge in [-0.15, -0.1) is 13.2 Å². The number of alkyl halides is 3. The third kappa shape index (κ3) is 6.47. The molecule has 212 valence electrons. The summed E-state index contributed by atoms with van der Waals surface area (Å²) in [6.07, 6.45) is -2.47. The largest absolute Gasteiger partial charge is 0.522 e. The Hall–Kier alpha value is -2.90. The normalized spacial score (nSPS) is 24.2. The minimum absolute atomic E-state index is 0.0437. The quantitative estimate of drug-likeness (QED) is 0.446. The minimum Gasteiger partial charge on any atom is -0.487 e. The Morgan fingerprint density at radius 3 is 2.56 bits per heavy atom. The zero-order valence-corrected chi connectivity index (χ0v) is 21.8. The van der Waals surface area contributed by atoms with E-state index in [9.17, 15) is 26.4 Å². The van der Waals surface area contributed by atoms with Crippen LogP contribution in [0.25, 0.3) is 0 Å². The first-order valence-corrected chi connectivity index (χ1v) is 14.2. The molecule has 2 fully saturated rings. The first-order chi connectivity index (χ1) is 18.5. The van der Waals surface area contributed by atoms with Gasteiger partial charge in [0.1, 0.15) is 24.6 Å². The van der Waals surface area contributed by atoms with Crippen LogP contribution >= 0.6 is 0 Å². The fraction of sp³-hybridized carbons (Fsp3) is 0.500. The molecule has 13 heteroatoms. The number of carbonyl (C=O) groups is 1. The summed E-state index contributed by atoms with van der Waals surface area (Å²) in [4.78, 5) is 11.9. The van der Waals surface area contributed by atoms with Crippen molar-refractivity contribution in [2.24, 2.45) is 5.92 Å². The number of rotatable bonds is 9. The van der Waals surface area contributed by atoms with Gasteiger partial charge in [-0.05, 0) is 73.7 Å². The van der Waals surface area contributed by atoms with Crippen molar-refractivity contribution in [2.75, 3.05) is 17.4 Å². The summed E-state index contributed by atoms with van der Waals surface area (Å²) in [6.45, 7) is 0.0957. The van der Waals surface area contributed by atoms with Crippen LogP contribution in [0.3, 0.4) is 0 Å². The molecule has 8 nitrogen and oxygen atoms in total. The van der Waals surface area contributed by atoms with E-state index in [1.165, 1.54) is 0 Å². The van der Waals surface area contributed by atoms with E-state index in [1.54, 1.807) is 6.07 Å². The highest BCUT2D eigenvalue weighted by Gasteiger charge is 2.41. The zero-order chi connectivity index (χ0) is 27.8. The molecule has 39 heavy (non-hydrogen) atoms. The number of fused-ring (bicyclic) bond motifs is 1. The van der Waals surface area contributed by atoms with Crippen molar-refractivity contribution in [3.05, 3.63) is 58.9 Å². The molecule has 0 bridgehead atoms. The number of anilines is 1. The van der Waals surface area contributed by atoms with Gasteiger partial charge in [0, 0.05) is 6.04 Å². The highest BCUT2D eigenvalue weighted by Crippen LogP contribution is 2.41. The maximum atomic E-state index is 16.1. The maximum Gasteiger partial charge on any atom is 0.522 e. The molecule has 1 atom stereocenters. The van der Waals surface area contributed by atoms with Crippen molar-refractivity contribution in [1.29, 1.82) is 0 Å². The smallest absolute Gasteiger partial charge is 0.487 e. The number of amides is 1. The van der Waals surface area contributed by atoms with E-state index in [1.807, 2.05) is 35.1 Å². The van der Waals surface area contributed by atoms with Crippen molar-refractivity contribution >= 4 is 21.8 Å². The van der Waals surface area contributed by atoms with Gasteiger partial charge in [0.05, 0.1) is 6.10 Å². The number of carbonyl (C=O) groups excluding carboxylic acids is 1. The summed E-state index contributed by atoms with van der Waals surface area (Å²) in [5, 5.41) is 3.37. The van der Waals surface area contributed by atoms with Crippen LogP contribution in [-0.2, 0) is 39.2 Å². The third-order valence-corrected chi connectivity index (χ3v) is 8.77. The first-order valence-electron chi connectivity index (χ1n) is 12.8.